The lowest BCUT2D eigenvalue weighted by molar-refractivity contribution is -0.141. The van der Waals surface area contributed by atoms with Crippen molar-refractivity contribution in [3.63, 3.8) is 0 Å². The van der Waals surface area contributed by atoms with E-state index in [1.165, 1.54) is 23.8 Å². The van der Waals surface area contributed by atoms with Crippen molar-refractivity contribution in [2.75, 3.05) is 72.6 Å². The number of hydrogen-bond acceptors (Lipinski definition) is 13. The Morgan fingerprint density at radius 2 is 0.686 bits per heavy atom. The maximum Gasteiger partial charge on any atom is 0.410 e. The number of aldehydes is 2. The minimum absolute atomic E-state index is 0. The third-order valence-corrected chi connectivity index (χ3v) is 19.9. The van der Waals surface area contributed by atoms with Crippen LogP contribution in [0.5, 0.6) is 0 Å². The molecule has 0 radical (unpaired) electrons. The number of benzene rings is 5. The van der Waals surface area contributed by atoms with Crippen molar-refractivity contribution >= 4 is 55.3 Å². The van der Waals surface area contributed by atoms with Crippen LogP contribution in [0.1, 0.15) is 201 Å². The molecule has 0 spiro atoms. The number of nitrogens with one attached hydrogen (secondary N) is 1. The van der Waals surface area contributed by atoms with E-state index in [0.717, 1.165) is 88.2 Å². The van der Waals surface area contributed by atoms with Crippen molar-refractivity contribution < 1.29 is 57.2 Å². The molecule has 20 heteroatoms. The van der Waals surface area contributed by atoms with Gasteiger partial charge in [-0.2, -0.15) is 0 Å². The average Bonchev–Trinajstić information content (AvgIpc) is 0.814. The summed E-state index contributed by atoms with van der Waals surface area (Å²) in [5, 5.41) is 3.30. The number of methoxy groups -OCH3 is 1. The van der Waals surface area contributed by atoms with E-state index in [2.05, 4.69) is 51.4 Å². The zero-order valence-corrected chi connectivity index (χ0v) is 65.4. The van der Waals surface area contributed by atoms with Crippen molar-refractivity contribution in [3.05, 3.63) is 202 Å². The van der Waals surface area contributed by atoms with Crippen LogP contribution in [-0.4, -0.2) is 157 Å². The number of likely N-dealkylation sites (tertiary alicyclic amines) is 4. The topological polar surface area (TPSA) is 199 Å². The number of esters is 1. The number of carbonyl (C=O) groups is 7. The Kier molecular flexibility index (Phi) is 32.7. The number of amides is 4. The molecular weight excluding hydrogens is 1350 g/mol. The Labute approximate surface area is 631 Å². The van der Waals surface area contributed by atoms with E-state index in [9.17, 15) is 33.6 Å². The Balaban J connectivity index is 0.000000237. The van der Waals surface area contributed by atoms with Gasteiger partial charge in [0.05, 0.1) is 12.5 Å². The smallest absolute Gasteiger partial charge is 0.410 e. The summed E-state index contributed by atoms with van der Waals surface area (Å²) in [6, 6.07) is 50.5. The van der Waals surface area contributed by atoms with Crippen molar-refractivity contribution in [1.82, 2.24) is 24.9 Å². The molecule has 570 valence electrons. The van der Waals surface area contributed by atoms with Crippen molar-refractivity contribution in [1.29, 1.82) is 0 Å². The number of hydrogen-bond donors (Lipinski definition) is 1. The molecular formula is C85H116ClN7O12. The summed E-state index contributed by atoms with van der Waals surface area (Å²) in [4.78, 5) is 97.5. The molecule has 4 amide bonds. The van der Waals surface area contributed by atoms with Crippen LogP contribution in [0.25, 0.3) is 9.69 Å². The van der Waals surface area contributed by atoms with Gasteiger partial charge in [0.1, 0.15) is 35.0 Å². The predicted molar refractivity (Wildman–Crippen MR) is 414 cm³/mol. The van der Waals surface area contributed by atoms with Crippen LogP contribution in [0.4, 0.5) is 19.2 Å². The Morgan fingerprint density at radius 1 is 0.410 bits per heavy atom. The lowest BCUT2D eigenvalue weighted by Crippen LogP contribution is -2.47. The van der Waals surface area contributed by atoms with Crippen LogP contribution in [-0.2, 0) is 65.4 Å². The van der Waals surface area contributed by atoms with Crippen molar-refractivity contribution in [2.45, 2.75) is 223 Å². The molecule has 0 saturated carbocycles. The van der Waals surface area contributed by atoms with Crippen LogP contribution in [0.3, 0.4) is 0 Å². The monoisotopic (exact) mass is 1460 g/mol. The number of rotatable bonds is 12. The summed E-state index contributed by atoms with van der Waals surface area (Å²) in [6.07, 6.45) is 11.3. The lowest BCUT2D eigenvalue weighted by atomic mass is 9.70. The largest absolute Gasteiger partial charge is 0.469 e. The first-order valence-corrected chi connectivity index (χ1v) is 36.9. The molecule has 5 fully saturated rings. The molecule has 0 atom stereocenters. The third kappa shape index (κ3) is 26.3. The average molecular weight is 1460 g/mol. The summed E-state index contributed by atoms with van der Waals surface area (Å²) >= 11 is 0. The highest BCUT2D eigenvalue weighted by Gasteiger charge is 2.46. The minimum atomic E-state index is -0.500. The highest BCUT2D eigenvalue weighted by Crippen LogP contribution is 2.43. The molecule has 10 rings (SSSR count). The van der Waals surface area contributed by atoms with Gasteiger partial charge in [0.2, 0.25) is 0 Å². The first kappa shape index (κ1) is 86.9. The van der Waals surface area contributed by atoms with Gasteiger partial charge in [-0.1, -0.05) is 152 Å². The fourth-order valence-electron chi connectivity index (χ4n) is 13.9. The van der Waals surface area contributed by atoms with Gasteiger partial charge in [0.15, 0.2) is 0 Å². The van der Waals surface area contributed by atoms with Gasteiger partial charge in [-0.25, -0.2) is 32.3 Å². The Morgan fingerprint density at radius 3 is 0.971 bits per heavy atom. The van der Waals surface area contributed by atoms with Crippen LogP contribution < -0.4 is 5.32 Å². The normalized spacial score (nSPS) is 17.8. The molecule has 5 aromatic rings. The van der Waals surface area contributed by atoms with E-state index in [0.29, 0.717) is 90.9 Å². The molecule has 19 nitrogen and oxygen atoms in total. The highest BCUT2D eigenvalue weighted by molar-refractivity contribution is 5.85. The molecule has 0 bridgehead atoms. The van der Waals surface area contributed by atoms with Gasteiger partial charge < -0.3 is 67.9 Å². The van der Waals surface area contributed by atoms with Gasteiger partial charge in [-0.05, 0) is 162 Å². The minimum Gasteiger partial charge on any atom is -0.469 e. The summed E-state index contributed by atoms with van der Waals surface area (Å²) in [5.74, 6) is -0.190. The summed E-state index contributed by atoms with van der Waals surface area (Å²) in [7, 11) is 1.42. The Hall–Kier alpha value is -8.78. The quantitative estimate of drug-likeness (QED) is 0.0536. The Bertz CT molecular complexity index is 3580. The van der Waals surface area contributed by atoms with Crippen molar-refractivity contribution in [2.24, 2.45) is 0 Å². The molecule has 5 saturated heterocycles. The fraction of sp³-hybridized carbons (Fsp3) is 0.541. The van der Waals surface area contributed by atoms with E-state index >= 15 is 0 Å². The zero-order chi connectivity index (χ0) is 76.3. The van der Waals surface area contributed by atoms with Gasteiger partial charge in [-0.3, -0.25) is 4.79 Å². The van der Waals surface area contributed by atoms with Gasteiger partial charge >= 0.3 is 30.3 Å². The van der Waals surface area contributed by atoms with Gasteiger partial charge in [0, 0.05) is 115 Å². The fourth-order valence-corrected chi connectivity index (χ4v) is 13.9. The molecule has 0 unspecified atom stereocenters. The second-order valence-corrected chi connectivity index (χ2v) is 31.9. The number of ether oxygens (including phenoxy) is 5. The first-order chi connectivity index (χ1) is 49.2. The molecule has 105 heavy (non-hydrogen) atoms. The second kappa shape index (κ2) is 39.5. The molecule has 5 aliphatic heterocycles. The molecule has 0 aliphatic carbocycles. The maximum absolute atomic E-state index is 12.3. The van der Waals surface area contributed by atoms with Crippen LogP contribution in [0.15, 0.2) is 152 Å². The molecule has 5 aromatic carbocycles. The maximum atomic E-state index is 12.3. The van der Waals surface area contributed by atoms with Crippen LogP contribution >= 0.6 is 12.4 Å². The van der Waals surface area contributed by atoms with Crippen LogP contribution in [0.2, 0.25) is 0 Å². The van der Waals surface area contributed by atoms with E-state index in [-0.39, 0.29) is 59.1 Å². The lowest BCUT2D eigenvalue weighted by Gasteiger charge is -2.42. The number of piperidine rings is 5. The van der Waals surface area contributed by atoms with Crippen LogP contribution in [0, 0.1) is 13.1 Å². The predicted octanol–water partition coefficient (Wildman–Crippen LogP) is 17.4. The second-order valence-electron chi connectivity index (χ2n) is 31.9. The molecule has 1 N–H and O–H groups in total. The van der Waals surface area contributed by atoms with Gasteiger partial charge in [-0.15, -0.1) is 12.4 Å². The van der Waals surface area contributed by atoms with Gasteiger partial charge in [0.25, 0.3) is 11.1 Å². The highest BCUT2D eigenvalue weighted by atomic mass is 35.5. The summed E-state index contributed by atoms with van der Waals surface area (Å²) < 4.78 is 26.5. The molecule has 0 aromatic heterocycles. The molecule has 5 aliphatic rings. The number of nitrogens with zero attached hydrogens (tertiary/aromatic N) is 6. The van der Waals surface area contributed by atoms with E-state index < -0.39 is 33.4 Å². The zero-order valence-electron chi connectivity index (χ0n) is 64.5. The van der Waals surface area contributed by atoms with E-state index in [1.807, 2.05) is 198 Å². The first-order valence-electron chi connectivity index (χ1n) is 36.9. The number of halogens is 1. The van der Waals surface area contributed by atoms with E-state index in [1.54, 1.807) is 19.6 Å². The number of carbonyl (C=O) groups excluding carboxylic acids is 7. The standard InChI is InChI=1S/C20H29NO4.C19H27NO3.C17H22N2O2.C17H23NO3.C12H14N2.ClH/c1-19(2,3)25-18(23)21-14-12-20(13-15-21,11-10-17(22)24-4)16-8-6-5-7-9-16;1-18(2,3)23-17(22)20-13-11-19(12-14-20,10-7-15-21)16-8-5-4-6-9-16;1-16(2,3)21-15(20)19-12-10-17(18-4,11-13-19)14-8-6-5-7-9-14;1-16(2,3)21-15(20)18-11-9-17(13-19,10-12-18)14-7-5-4-6-8-14;1-13-12(7-9-14-10-8-12)11-5-3-2-4-6-11;/h5-9H,10-15H2,1-4H3;4-6,8-9,15H,7,10-14H2,1-3H3;5-9H,10-13H2,1-3H3;4-8,13H,9-12H2,1-3H3;2-6,14H,7-10H2;1H. The van der Waals surface area contributed by atoms with E-state index in [4.69, 9.17) is 36.8 Å². The van der Waals surface area contributed by atoms with Crippen molar-refractivity contribution in [3.8, 4) is 0 Å². The molecule has 5 heterocycles. The summed E-state index contributed by atoms with van der Waals surface area (Å²) in [5.41, 5.74) is 2.47. The summed E-state index contributed by atoms with van der Waals surface area (Å²) in [6.45, 7) is 44.1. The third-order valence-electron chi connectivity index (χ3n) is 19.9. The SMILES string of the molecule is CC(C)(C)OC(=O)N1CCC(C=O)(c2ccccc2)CC1.CC(C)(C)OC(=O)N1CCC(CCC=O)(c2ccccc2)CC1.COC(=O)CCC1(c2ccccc2)CCN(C(=O)OC(C)(C)C)CC1.Cl.[C-]#[N+]C1(c2ccccc2)CCN(C(=O)OC(C)(C)C)CC1.[C-]#[N+]C1(c2ccccc2)CCNCC1.